The maximum atomic E-state index is 12.0. The number of nitrogens with zero attached hydrogens (tertiary/aromatic N) is 2. The number of rotatable bonds is 2. The number of nitrogen functional groups attached to an aromatic ring is 1. The Bertz CT molecular complexity index is 482. The zero-order valence-corrected chi connectivity index (χ0v) is 10.0. The van der Waals surface area contributed by atoms with Gasteiger partial charge in [-0.25, -0.2) is 4.98 Å². The lowest BCUT2D eigenvalue weighted by Gasteiger charge is -2.10. The van der Waals surface area contributed by atoms with E-state index in [-0.39, 0.29) is 16.6 Å². The zero-order valence-electron chi connectivity index (χ0n) is 8.43. The Labute approximate surface area is 101 Å². The van der Waals surface area contributed by atoms with Crippen LogP contribution in [-0.2, 0) is 0 Å². The van der Waals surface area contributed by atoms with E-state index in [0.29, 0.717) is 11.3 Å². The SMILES string of the molecule is Nc1ncccc1C(=O)C1=NC(Br)CC=C1. The summed E-state index contributed by atoms with van der Waals surface area (Å²) >= 11 is 3.35. The molecule has 1 aliphatic heterocycles. The van der Waals surface area contributed by atoms with Crippen molar-refractivity contribution >= 4 is 33.2 Å². The number of alkyl halides is 1. The molecule has 1 aromatic heterocycles. The summed E-state index contributed by atoms with van der Waals surface area (Å²) < 4.78 is 0. The first-order chi connectivity index (χ1) is 7.68. The van der Waals surface area contributed by atoms with Crippen molar-refractivity contribution in [3.05, 3.63) is 36.0 Å². The van der Waals surface area contributed by atoms with E-state index in [1.807, 2.05) is 6.08 Å². The van der Waals surface area contributed by atoms with Crippen molar-refractivity contribution in [3.8, 4) is 0 Å². The minimum absolute atomic E-state index is 0.0330. The Morgan fingerprint density at radius 2 is 2.38 bits per heavy atom. The molecule has 2 rings (SSSR count). The van der Waals surface area contributed by atoms with Gasteiger partial charge in [-0.1, -0.05) is 22.0 Å². The van der Waals surface area contributed by atoms with Gasteiger partial charge in [0.25, 0.3) is 0 Å². The van der Waals surface area contributed by atoms with Crippen LogP contribution in [0.1, 0.15) is 16.8 Å². The third kappa shape index (κ3) is 2.19. The Hall–Kier alpha value is -1.49. The minimum Gasteiger partial charge on any atom is -0.383 e. The number of pyridine rings is 1. The molecule has 5 heteroatoms. The molecule has 0 bridgehead atoms. The van der Waals surface area contributed by atoms with Crippen LogP contribution >= 0.6 is 15.9 Å². The highest BCUT2D eigenvalue weighted by Crippen LogP contribution is 2.16. The molecule has 16 heavy (non-hydrogen) atoms. The lowest BCUT2D eigenvalue weighted by molar-refractivity contribution is 0.106. The molecule has 1 aromatic rings. The molecule has 0 aromatic carbocycles. The average Bonchev–Trinajstić information content (AvgIpc) is 2.29. The lowest BCUT2D eigenvalue weighted by Crippen LogP contribution is -2.18. The number of hydrogen-bond acceptors (Lipinski definition) is 4. The number of carbonyl (C=O) groups is 1. The normalized spacial score (nSPS) is 19.3. The van der Waals surface area contributed by atoms with Gasteiger partial charge in [0.2, 0.25) is 5.78 Å². The van der Waals surface area contributed by atoms with Crippen LogP contribution in [0.15, 0.2) is 35.5 Å². The van der Waals surface area contributed by atoms with E-state index >= 15 is 0 Å². The van der Waals surface area contributed by atoms with Crippen LogP contribution < -0.4 is 5.73 Å². The van der Waals surface area contributed by atoms with E-state index in [1.54, 1.807) is 24.4 Å². The molecule has 4 nitrogen and oxygen atoms in total. The molecule has 1 atom stereocenters. The number of carbonyl (C=O) groups excluding carboxylic acids is 1. The highest BCUT2D eigenvalue weighted by Gasteiger charge is 2.18. The zero-order chi connectivity index (χ0) is 11.5. The molecule has 0 aliphatic carbocycles. The Morgan fingerprint density at radius 3 is 3.06 bits per heavy atom. The highest BCUT2D eigenvalue weighted by atomic mass is 79.9. The molecule has 0 saturated heterocycles. The number of halogens is 1. The summed E-state index contributed by atoms with van der Waals surface area (Å²) in [6.45, 7) is 0. The first kappa shape index (κ1) is 11.0. The molecule has 1 unspecified atom stereocenters. The van der Waals surface area contributed by atoms with E-state index in [1.165, 1.54) is 0 Å². The molecule has 0 amide bonds. The van der Waals surface area contributed by atoms with E-state index < -0.39 is 0 Å². The summed E-state index contributed by atoms with van der Waals surface area (Å²) in [5.41, 5.74) is 6.45. The molecule has 0 radical (unpaired) electrons. The molecule has 0 spiro atoms. The average molecular weight is 280 g/mol. The maximum absolute atomic E-state index is 12.0. The number of anilines is 1. The van der Waals surface area contributed by atoms with Crippen LogP contribution in [0.4, 0.5) is 5.82 Å². The molecular formula is C11H10BrN3O. The summed E-state index contributed by atoms with van der Waals surface area (Å²) in [5.74, 6) is 0.0475. The quantitative estimate of drug-likeness (QED) is 0.511. The van der Waals surface area contributed by atoms with Crippen molar-refractivity contribution in [2.24, 2.45) is 4.99 Å². The number of dihydropyridines is 1. The van der Waals surface area contributed by atoms with Crippen molar-refractivity contribution in [2.75, 3.05) is 5.73 Å². The predicted octanol–water partition coefficient (Wildman–Crippen LogP) is 1.97. The Kier molecular flexibility index (Phi) is 3.14. The fourth-order valence-electron chi connectivity index (χ4n) is 1.42. The number of aliphatic imine (C=N–C) groups is 1. The molecule has 2 N–H and O–H groups in total. The number of ketones is 1. The standard InChI is InChI=1S/C11H10BrN3O/c12-9-5-1-4-8(15-9)10(16)7-3-2-6-14-11(7)13/h1-4,6,9H,5H2,(H2,13,14). The van der Waals surface area contributed by atoms with Crippen molar-refractivity contribution in [1.29, 1.82) is 0 Å². The molecule has 0 fully saturated rings. The fourth-order valence-corrected chi connectivity index (χ4v) is 1.86. The van der Waals surface area contributed by atoms with Crippen LogP contribution in [0, 0.1) is 0 Å². The second-order valence-corrected chi connectivity index (χ2v) is 4.41. The van der Waals surface area contributed by atoms with Crippen LogP contribution in [-0.4, -0.2) is 21.4 Å². The number of aromatic nitrogens is 1. The number of hydrogen-bond donors (Lipinski definition) is 1. The summed E-state index contributed by atoms with van der Waals surface area (Å²) in [5, 5.41) is 0. The summed E-state index contributed by atoms with van der Waals surface area (Å²) in [4.78, 5) is 20.1. The molecular weight excluding hydrogens is 270 g/mol. The van der Waals surface area contributed by atoms with Gasteiger partial charge in [-0.05, 0) is 24.6 Å². The Balaban J connectivity index is 2.33. The smallest absolute Gasteiger partial charge is 0.214 e. The van der Waals surface area contributed by atoms with E-state index in [9.17, 15) is 4.79 Å². The molecule has 1 aliphatic rings. The molecule has 0 saturated carbocycles. The third-order valence-corrected chi connectivity index (χ3v) is 2.78. The van der Waals surface area contributed by atoms with Crippen LogP contribution in [0.25, 0.3) is 0 Å². The maximum Gasteiger partial charge on any atom is 0.214 e. The number of Topliss-reactive ketones (excluding diaryl/α,β-unsaturated/α-hetero) is 1. The third-order valence-electron chi connectivity index (χ3n) is 2.20. The van der Waals surface area contributed by atoms with E-state index in [0.717, 1.165) is 6.42 Å². The van der Waals surface area contributed by atoms with Gasteiger partial charge < -0.3 is 5.73 Å². The van der Waals surface area contributed by atoms with Crippen LogP contribution in [0.2, 0.25) is 0 Å². The largest absolute Gasteiger partial charge is 0.383 e. The summed E-state index contributed by atoms with van der Waals surface area (Å²) in [6, 6.07) is 3.33. The fraction of sp³-hybridized carbons (Fsp3) is 0.182. The van der Waals surface area contributed by atoms with Gasteiger partial charge in [-0.3, -0.25) is 9.79 Å². The van der Waals surface area contributed by atoms with E-state index in [2.05, 4.69) is 25.9 Å². The number of allylic oxidation sites excluding steroid dienone is 1. The van der Waals surface area contributed by atoms with Gasteiger partial charge >= 0.3 is 0 Å². The lowest BCUT2D eigenvalue weighted by atomic mass is 10.1. The van der Waals surface area contributed by atoms with E-state index in [4.69, 9.17) is 5.73 Å². The second kappa shape index (κ2) is 4.57. The number of nitrogens with two attached hydrogens (primary N) is 1. The van der Waals surface area contributed by atoms with Gasteiger partial charge in [-0.15, -0.1) is 0 Å². The summed E-state index contributed by atoms with van der Waals surface area (Å²) in [6.07, 6.45) is 5.97. The van der Waals surface area contributed by atoms with Crippen molar-refractivity contribution in [1.82, 2.24) is 4.98 Å². The Morgan fingerprint density at radius 1 is 1.56 bits per heavy atom. The van der Waals surface area contributed by atoms with Gasteiger partial charge in [-0.2, -0.15) is 0 Å². The van der Waals surface area contributed by atoms with Gasteiger partial charge in [0.15, 0.2) is 0 Å². The van der Waals surface area contributed by atoms with Crippen LogP contribution in [0.3, 0.4) is 0 Å². The first-order valence-corrected chi connectivity index (χ1v) is 5.73. The van der Waals surface area contributed by atoms with Gasteiger partial charge in [0.05, 0.1) is 5.56 Å². The molecule has 2 heterocycles. The minimum atomic E-state index is -0.189. The highest BCUT2D eigenvalue weighted by molar-refractivity contribution is 9.09. The monoisotopic (exact) mass is 279 g/mol. The molecule has 82 valence electrons. The predicted molar refractivity (Wildman–Crippen MR) is 66.9 cm³/mol. The van der Waals surface area contributed by atoms with Gasteiger partial charge in [0, 0.05) is 6.20 Å². The van der Waals surface area contributed by atoms with Crippen molar-refractivity contribution in [2.45, 2.75) is 11.4 Å². The van der Waals surface area contributed by atoms with Crippen molar-refractivity contribution < 1.29 is 4.79 Å². The van der Waals surface area contributed by atoms with Crippen molar-refractivity contribution in [3.63, 3.8) is 0 Å². The summed E-state index contributed by atoms with van der Waals surface area (Å²) in [7, 11) is 0. The second-order valence-electron chi connectivity index (χ2n) is 3.35. The van der Waals surface area contributed by atoms with Crippen LogP contribution in [0.5, 0.6) is 0 Å². The topological polar surface area (TPSA) is 68.3 Å². The first-order valence-electron chi connectivity index (χ1n) is 4.82. The van der Waals surface area contributed by atoms with Gasteiger partial charge in [0.1, 0.15) is 16.5 Å².